The monoisotopic (exact) mass is 281 g/mol. The Morgan fingerprint density at radius 1 is 1.00 bits per heavy atom. The standard InChI is InChI=1S/C16H27NO3/c1-15(7-3-2-4-8-15)14(18)17-13-5-9-16(10-6-13)19-11-12-20-16/h13H,2-12H2,1H3,(H,17,18). The first-order valence-electron chi connectivity index (χ1n) is 8.21. The van der Waals surface area contributed by atoms with Gasteiger partial charge in [-0.2, -0.15) is 0 Å². The summed E-state index contributed by atoms with van der Waals surface area (Å²) in [5, 5.41) is 3.29. The molecule has 0 bridgehead atoms. The number of amides is 1. The van der Waals surface area contributed by atoms with Crippen LogP contribution < -0.4 is 5.32 Å². The Morgan fingerprint density at radius 2 is 1.60 bits per heavy atom. The van der Waals surface area contributed by atoms with Crippen LogP contribution in [0.1, 0.15) is 64.7 Å². The van der Waals surface area contributed by atoms with Gasteiger partial charge in [0.1, 0.15) is 0 Å². The van der Waals surface area contributed by atoms with E-state index in [1.54, 1.807) is 0 Å². The Labute approximate surface area is 121 Å². The lowest BCUT2D eigenvalue weighted by Crippen LogP contribution is -2.48. The zero-order valence-electron chi connectivity index (χ0n) is 12.6. The first-order chi connectivity index (χ1) is 9.62. The van der Waals surface area contributed by atoms with Crippen molar-refractivity contribution in [2.24, 2.45) is 5.41 Å². The zero-order valence-corrected chi connectivity index (χ0v) is 12.6. The van der Waals surface area contributed by atoms with E-state index >= 15 is 0 Å². The van der Waals surface area contributed by atoms with Gasteiger partial charge in [0.25, 0.3) is 0 Å². The molecule has 0 aromatic heterocycles. The first kappa shape index (κ1) is 14.3. The van der Waals surface area contributed by atoms with Crippen molar-refractivity contribution >= 4 is 5.91 Å². The molecule has 3 rings (SSSR count). The average molecular weight is 281 g/mol. The van der Waals surface area contributed by atoms with E-state index in [9.17, 15) is 4.79 Å². The third kappa shape index (κ3) is 2.86. The molecule has 20 heavy (non-hydrogen) atoms. The molecule has 1 aliphatic heterocycles. The highest BCUT2D eigenvalue weighted by Gasteiger charge is 2.42. The molecule has 3 aliphatic rings. The largest absolute Gasteiger partial charge is 0.353 e. The SMILES string of the molecule is CC1(C(=O)NC2CCC3(CC2)OCCO3)CCCCC1. The van der Waals surface area contributed by atoms with E-state index in [0.717, 1.165) is 51.7 Å². The van der Waals surface area contributed by atoms with Gasteiger partial charge >= 0.3 is 0 Å². The molecule has 1 saturated heterocycles. The van der Waals surface area contributed by atoms with E-state index in [2.05, 4.69) is 12.2 Å². The molecule has 3 fully saturated rings. The van der Waals surface area contributed by atoms with Crippen molar-refractivity contribution in [3.63, 3.8) is 0 Å². The van der Waals surface area contributed by atoms with Crippen molar-refractivity contribution in [2.45, 2.75) is 76.5 Å². The summed E-state index contributed by atoms with van der Waals surface area (Å²) in [4.78, 5) is 12.5. The smallest absolute Gasteiger partial charge is 0.226 e. The Balaban J connectivity index is 1.50. The molecule has 0 aromatic carbocycles. The van der Waals surface area contributed by atoms with Crippen molar-refractivity contribution in [1.82, 2.24) is 5.32 Å². The van der Waals surface area contributed by atoms with Crippen LogP contribution in [0.3, 0.4) is 0 Å². The van der Waals surface area contributed by atoms with Crippen molar-refractivity contribution in [3.8, 4) is 0 Å². The van der Waals surface area contributed by atoms with Crippen LogP contribution in [0.15, 0.2) is 0 Å². The predicted molar refractivity (Wildman–Crippen MR) is 76.2 cm³/mol. The maximum Gasteiger partial charge on any atom is 0.226 e. The minimum Gasteiger partial charge on any atom is -0.353 e. The fourth-order valence-corrected chi connectivity index (χ4v) is 3.91. The molecule has 114 valence electrons. The molecular formula is C16H27NO3. The Morgan fingerprint density at radius 3 is 2.20 bits per heavy atom. The molecule has 2 aliphatic carbocycles. The fourth-order valence-electron chi connectivity index (χ4n) is 3.91. The number of carbonyl (C=O) groups is 1. The van der Waals surface area contributed by atoms with E-state index in [0.29, 0.717) is 6.04 Å². The van der Waals surface area contributed by atoms with Gasteiger partial charge in [-0.1, -0.05) is 26.2 Å². The minimum absolute atomic E-state index is 0.131. The number of ether oxygens (including phenoxy) is 2. The average Bonchev–Trinajstić information content (AvgIpc) is 2.91. The zero-order chi connectivity index (χ0) is 14.1. The molecule has 1 spiro atoms. The van der Waals surface area contributed by atoms with E-state index in [4.69, 9.17) is 9.47 Å². The third-order valence-electron chi connectivity index (χ3n) is 5.40. The fraction of sp³-hybridized carbons (Fsp3) is 0.938. The number of hydrogen-bond acceptors (Lipinski definition) is 3. The predicted octanol–water partition coefficient (Wildman–Crippen LogP) is 2.76. The van der Waals surface area contributed by atoms with Crippen LogP contribution in [0.25, 0.3) is 0 Å². The van der Waals surface area contributed by atoms with Gasteiger partial charge in [0, 0.05) is 24.3 Å². The highest BCUT2D eigenvalue weighted by atomic mass is 16.7. The van der Waals surface area contributed by atoms with Gasteiger partial charge in [-0.25, -0.2) is 0 Å². The van der Waals surface area contributed by atoms with Gasteiger partial charge in [0.15, 0.2) is 5.79 Å². The molecule has 0 unspecified atom stereocenters. The van der Waals surface area contributed by atoms with Gasteiger partial charge in [-0.3, -0.25) is 4.79 Å². The summed E-state index contributed by atoms with van der Waals surface area (Å²) < 4.78 is 11.5. The summed E-state index contributed by atoms with van der Waals surface area (Å²) in [6.45, 7) is 3.57. The van der Waals surface area contributed by atoms with Crippen LogP contribution in [0, 0.1) is 5.41 Å². The molecule has 0 radical (unpaired) electrons. The number of carbonyl (C=O) groups excluding carboxylic acids is 1. The minimum atomic E-state index is -0.323. The second-order valence-electron chi connectivity index (χ2n) is 6.98. The summed E-state index contributed by atoms with van der Waals surface area (Å²) in [5.74, 6) is -0.0536. The summed E-state index contributed by atoms with van der Waals surface area (Å²) in [6.07, 6.45) is 9.53. The molecule has 4 nitrogen and oxygen atoms in total. The van der Waals surface area contributed by atoms with Gasteiger partial charge in [-0.05, 0) is 25.7 Å². The lowest BCUT2D eigenvalue weighted by Gasteiger charge is -2.38. The summed E-state index contributed by atoms with van der Waals surface area (Å²) >= 11 is 0. The van der Waals surface area contributed by atoms with E-state index in [1.807, 2.05) is 0 Å². The van der Waals surface area contributed by atoms with Crippen LogP contribution in [0.2, 0.25) is 0 Å². The highest BCUT2D eigenvalue weighted by Crippen LogP contribution is 2.38. The topological polar surface area (TPSA) is 47.6 Å². The Kier molecular flexibility index (Phi) is 4.04. The molecule has 2 saturated carbocycles. The van der Waals surface area contributed by atoms with Gasteiger partial charge in [0.05, 0.1) is 13.2 Å². The lowest BCUT2D eigenvalue weighted by atomic mass is 9.74. The number of nitrogens with one attached hydrogen (secondary N) is 1. The van der Waals surface area contributed by atoms with Crippen LogP contribution in [-0.4, -0.2) is 30.9 Å². The van der Waals surface area contributed by atoms with Crippen LogP contribution >= 0.6 is 0 Å². The number of hydrogen-bond donors (Lipinski definition) is 1. The Bertz CT molecular complexity index is 347. The van der Waals surface area contributed by atoms with Crippen molar-refractivity contribution in [2.75, 3.05) is 13.2 Å². The first-order valence-corrected chi connectivity index (χ1v) is 8.21. The molecular weight excluding hydrogens is 254 g/mol. The maximum atomic E-state index is 12.5. The summed E-state index contributed by atoms with van der Waals surface area (Å²) in [5.41, 5.74) is -0.131. The molecule has 1 heterocycles. The summed E-state index contributed by atoms with van der Waals surface area (Å²) in [7, 11) is 0. The van der Waals surface area contributed by atoms with Crippen LogP contribution in [0.4, 0.5) is 0 Å². The molecule has 0 aromatic rings. The van der Waals surface area contributed by atoms with Crippen LogP contribution in [0.5, 0.6) is 0 Å². The van der Waals surface area contributed by atoms with Crippen molar-refractivity contribution in [3.05, 3.63) is 0 Å². The van der Waals surface area contributed by atoms with E-state index < -0.39 is 0 Å². The highest BCUT2D eigenvalue weighted by molar-refractivity contribution is 5.82. The second kappa shape index (κ2) is 5.64. The van der Waals surface area contributed by atoms with E-state index in [1.165, 1.54) is 19.3 Å². The van der Waals surface area contributed by atoms with E-state index in [-0.39, 0.29) is 17.1 Å². The normalized spacial score (nSPS) is 29.4. The molecule has 0 atom stereocenters. The quantitative estimate of drug-likeness (QED) is 0.846. The second-order valence-corrected chi connectivity index (χ2v) is 6.98. The molecule has 1 N–H and O–H groups in total. The van der Waals surface area contributed by atoms with Crippen molar-refractivity contribution in [1.29, 1.82) is 0 Å². The van der Waals surface area contributed by atoms with Gasteiger partial charge in [0.2, 0.25) is 5.91 Å². The van der Waals surface area contributed by atoms with Crippen molar-refractivity contribution < 1.29 is 14.3 Å². The summed E-state index contributed by atoms with van der Waals surface area (Å²) in [6, 6.07) is 0.305. The van der Waals surface area contributed by atoms with Gasteiger partial charge in [-0.15, -0.1) is 0 Å². The maximum absolute atomic E-state index is 12.5. The van der Waals surface area contributed by atoms with Gasteiger partial charge < -0.3 is 14.8 Å². The Hall–Kier alpha value is -0.610. The number of rotatable bonds is 2. The van der Waals surface area contributed by atoms with Crippen LogP contribution in [-0.2, 0) is 14.3 Å². The lowest BCUT2D eigenvalue weighted by molar-refractivity contribution is -0.180. The molecule has 1 amide bonds. The molecule has 4 heteroatoms. The third-order valence-corrected chi connectivity index (χ3v) is 5.40.